The second-order valence-electron chi connectivity index (χ2n) is 2.35. The molecule has 0 fully saturated rings. The third-order valence-corrected chi connectivity index (χ3v) is 6.41. The Bertz CT molecular complexity index is 346. The molecule has 0 amide bonds. The Kier molecular flexibility index (Phi) is 3.15. The molecule has 66 valence electrons. The quantitative estimate of drug-likeness (QED) is 0.627. The Hall–Kier alpha value is -0.0518. The van der Waals surface area contributed by atoms with E-state index in [9.17, 15) is 8.42 Å². The van der Waals surface area contributed by atoms with E-state index in [1.807, 2.05) is 0 Å². The van der Waals surface area contributed by atoms with E-state index in [1.165, 1.54) is 0 Å². The average molecular weight is 295 g/mol. The summed E-state index contributed by atoms with van der Waals surface area (Å²) in [6.45, 7) is 0. The Balaban J connectivity index is 3.02. The van der Waals surface area contributed by atoms with Gasteiger partial charge in [0, 0.05) is 0 Å². The summed E-state index contributed by atoms with van der Waals surface area (Å²) in [7, 11) is -3.90. The van der Waals surface area contributed by atoms with Gasteiger partial charge in [-0.15, -0.1) is 0 Å². The maximum absolute atomic E-state index is 10.7. The molecule has 0 aliphatic heterocycles. The number of hydrogen-bond acceptors (Lipinski definition) is 2. The summed E-state index contributed by atoms with van der Waals surface area (Å²) in [6.07, 6.45) is 0. The van der Waals surface area contributed by atoms with Gasteiger partial charge >= 0.3 is 85.2 Å². The van der Waals surface area contributed by atoms with Crippen LogP contribution in [0.5, 0.6) is 0 Å². The first-order valence-corrected chi connectivity index (χ1v) is 6.69. The summed E-state index contributed by atoms with van der Waals surface area (Å²) in [5, 5.41) is 0. The van der Waals surface area contributed by atoms with Crippen LogP contribution in [0.3, 0.4) is 0 Å². The van der Waals surface area contributed by atoms with Gasteiger partial charge in [0.15, 0.2) is 0 Å². The van der Waals surface area contributed by atoms with Crippen molar-refractivity contribution in [2.24, 2.45) is 0 Å². The van der Waals surface area contributed by atoms with Gasteiger partial charge in [-0.25, -0.2) is 0 Å². The zero-order valence-corrected chi connectivity index (χ0v) is 10.3. The molecule has 1 atom stereocenters. The van der Waals surface area contributed by atoms with Crippen molar-refractivity contribution in [2.45, 2.75) is 3.20 Å². The predicted molar refractivity (Wildman–Crippen MR) is 49.3 cm³/mol. The zero-order chi connectivity index (χ0) is 9.19. The van der Waals surface area contributed by atoms with Crippen molar-refractivity contribution in [3.05, 3.63) is 35.9 Å². The number of benzene rings is 1. The Morgan fingerprint density at radius 2 is 1.75 bits per heavy atom. The van der Waals surface area contributed by atoms with E-state index in [0.717, 1.165) is 0 Å². The van der Waals surface area contributed by atoms with Gasteiger partial charge in [-0.05, 0) is 0 Å². The van der Waals surface area contributed by atoms with Crippen LogP contribution in [0.2, 0.25) is 0 Å². The molecule has 5 heteroatoms. The van der Waals surface area contributed by atoms with Gasteiger partial charge in [-0.3, -0.25) is 0 Å². The van der Waals surface area contributed by atoms with Gasteiger partial charge in [0.05, 0.1) is 0 Å². The van der Waals surface area contributed by atoms with E-state index in [2.05, 4.69) is 0 Å². The summed E-state index contributed by atoms with van der Waals surface area (Å²) in [5.74, 6) is 0. The minimum absolute atomic E-state index is 0.465. The van der Waals surface area contributed by atoms with Crippen LogP contribution in [0.4, 0.5) is 0 Å². The van der Waals surface area contributed by atoms with Crippen LogP contribution in [-0.4, -0.2) is 36.0 Å². The third-order valence-electron chi connectivity index (χ3n) is 1.45. The Labute approximate surface area is 85.0 Å². The molecule has 0 aliphatic carbocycles. The van der Waals surface area contributed by atoms with Crippen LogP contribution in [0, 0.1) is 0 Å². The van der Waals surface area contributed by atoms with Crippen molar-refractivity contribution in [1.29, 1.82) is 0 Å². The Morgan fingerprint density at radius 3 is 2.17 bits per heavy atom. The van der Waals surface area contributed by atoms with Crippen molar-refractivity contribution in [1.82, 2.24) is 0 Å². The van der Waals surface area contributed by atoms with E-state index in [-0.39, 0.29) is 0 Å². The molecule has 3 nitrogen and oxygen atoms in total. The molecule has 0 bridgehead atoms. The average Bonchev–Trinajstić information content (AvgIpc) is 2.03. The molecule has 0 aromatic heterocycles. The minimum atomic E-state index is -3.90. The summed E-state index contributed by atoms with van der Waals surface area (Å²) in [4.78, 5) is 0. The molecule has 0 spiro atoms. The van der Waals surface area contributed by atoms with Gasteiger partial charge in [-0.1, -0.05) is 0 Å². The van der Waals surface area contributed by atoms with Crippen molar-refractivity contribution in [3.63, 3.8) is 0 Å². The van der Waals surface area contributed by atoms with Crippen molar-refractivity contribution >= 4 is 33.1 Å². The van der Waals surface area contributed by atoms with E-state index in [4.69, 9.17) is 4.55 Å². The molecule has 0 heterocycles. The standard InChI is InChI=1S/C7H7O3S.Sb.2H/c8-11(9,10)6-7-4-2-1-3-5-7;;;/h1-6H,(H,8,9,10);;;. The fourth-order valence-corrected chi connectivity index (χ4v) is 1.95. The topological polar surface area (TPSA) is 54.4 Å². The predicted octanol–water partition coefficient (Wildman–Crippen LogP) is 0.206. The first-order valence-electron chi connectivity index (χ1n) is 3.28. The molecule has 1 N–H and O–H groups in total. The second-order valence-corrected chi connectivity index (χ2v) is 7.17. The Morgan fingerprint density at radius 1 is 1.25 bits per heavy atom. The molecule has 1 unspecified atom stereocenters. The van der Waals surface area contributed by atoms with E-state index in [0.29, 0.717) is 28.6 Å². The van der Waals surface area contributed by atoms with Crippen LogP contribution in [0.1, 0.15) is 8.76 Å². The van der Waals surface area contributed by atoms with Gasteiger partial charge < -0.3 is 0 Å². The van der Waals surface area contributed by atoms with Gasteiger partial charge in [0.25, 0.3) is 0 Å². The maximum atomic E-state index is 10.7. The summed E-state index contributed by atoms with van der Waals surface area (Å²) in [6, 6.07) is 8.71. The monoisotopic (exact) mass is 294 g/mol. The fraction of sp³-hybridized carbons (Fsp3) is 0.143. The third kappa shape index (κ3) is 2.47. The van der Waals surface area contributed by atoms with E-state index >= 15 is 0 Å². The first kappa shape index (κ1) is 10.0. The molecule has 1 aromatic carbocycles. The number of rotatable bonds is 2. The van der Waals surface area contributed by atoms with Crippen molar-refractivity contribution in [3.8, 4) is 0 Å². The van der Waals surface area contributed by atoms with Crippen molar-refractivity contribution in [2.75, 3.05) is 0 Å². The number of hydrogen-bond donors (Lipinski definition) is 1. The molecule has 1 rings (SSSR count). The van der Waals surface area contributed by atoms with Crippen LogP contribution in [0.15, 0.2) is 30.3 Å². The molecule has 12 heavy (non-hydrogen) atoms. The van der Waals surface area contributed by atoms with Crippen LogP contribution in [-0.2, 0) is 10.1 Å². The first-order chi connectivity index (χ1) is 5.52. The molecule has 0 saturated carbocycles. The van der Waals surface area contributed by atoms with Gasteiger partial charge in [0.1, 0.15) is 0 Å². The van der Waals surface area contributed by atoms with Gasteiger partial charge in [0.2, 0.25) is 0 Å². The second kappa shape index (κ2) is 3.77. The molecular formula is C7H9O3SSb. The van der Waals surface area contributed by atoms with Crippen LogP contribution in [0.25, 0.3) is 0 Å². The summed E-state index contributed by atoms with van der Waals surface area (Å²) in [5.41, 5.74) is 0.655. The fourth-order valence-electron chi connectivity index (χ4n) is 0.815. The van der Waals surface area contributed by atoms with E-state index in [1.54, 1.807) is 30.3 Å². The molecule has 0 saturated heterocycles. The molecular weight excluding hydrogens is 286 g/mol. The molecule has 1 aromatic rings. The van der Waals surface area contributed by atoms with Gasteiger partial charge in [-0.2, -0.15) is 0 Å². The summed E-state index contributed by atoms with van der Waals surface area (Å²) >= 11 is 0.465. The van der Waals surface area contributed by atoms with Crippen LogP contribution >= 0.6 is 0 Å². The SMILES string of the molecule is O=S(=O)(O)[CH]([SbH2])c1ccccc1. The zero-order valence-electron chi connectivity index (χ0n) is 6.21. The summed E-state index contributed by atoms with van der Waals surface area (Å²) < 4.78 is 29.5. The van der Waals surface area contributed by atoms with Crippen molar-refractivity contribution < 1.29 is 13.0 Å². The van der Waals surface area contributed by atoms with E-state index < -0.39 is 13.3 Å². The normalized spacial score (nSPS) is 14.2. The molecule has 0 radical (unpaired) electrons. The molecule has 0 aliphatic rings. The van der Waals surface area contributed by atoms with Crippen LogP contribution < -0.4 is 0 Å².